The summed E-state index contributed by atoms with van der Waals surface area (Å²) < 4.78 is 18.5. The van der Waals surface area contributed by atoms with Crippen LogP contribution in [-0.2, 0) is 0 Å². The van der Waals surface area contributed by atoms with Gasteiger partial charge < -0.3 is 9.64 Å². The van der Waals surface area contributed by atoms with E-state index in [2.05, 4.69) is 16.9 Å². The van der Waals surface area contributed by atoms with E-state index in [0.717, 1.165) is 31.9 Å². The Bertz CT molecular complexity index is 521. The van der Waals surface area contributed by atoms with Gasteiger partial charge in [-0.3, -0.25) is 4.79 Å². The fraction of sp³-hybridized carbons (Fsp3) is 0.600. The quantitative estimate of drug-likeness (QED) is 0.796. The molecule has 5 heteroatoms. The summed E-state index contributed by atoms with van der Waals surface area (Å²) in [4.78, 5) is 18.9. The molecule has 4 nitrogen and oxygen atoms in total. The van der Waals surface area contributed by atoms with Gasteiger partial charge in [-0.15, -0.1) is 0 Å². The van der Waals surface area contributed by atoms with Crippen LogP contribution in [0.4, 0.5) is 4.39 Å². The fourth-order valence-electron chi connectivity index (χ4n) is 3.61. The van der Waals surface area contributed by atoms with E-state index in [1.54, 1.807) is 0 Å². The number of aromatic nitrogens is 1. The molecule has 0 aliphatic carbocycles. The Morgan fingerprint density at radius 2 is 2.05 bits per heavy atom. The Kier molecular flexibility index (Phi) is 3.46. The molecule has 0 saturated carbocycles. The Morgan fingerprint density at radius 1 is 1.40 bits per heavy atom. The topological polar surface area (TPSA) is 42.4 Å². The Morgan fingerprint density at radius 3 is 2.65 bits per heavy atom. The molecule has 2 unspecified atom stereocenters. The number of piperidine rings is 1. The Balaban J connectivity index is 1.85. The zero-order valence-electron chi connectivity index (χ0n) is 11.8. The van der Waals surface area contributed by atoms with E-state index >= 15 is 0 Å². The van der Waals surface area contributed by atoms with Gasteiger partial charge in [-0.2, -0.15) is 0 Å². The Labute approximate surface area is 117 Å². The average molecular weight is 278 g/mol. The minimum absolute atomic E-state index is 0.0288. The molecule has 0 N–H and O–H groups in total. The van der Waals surface area contributed by atoms with E-state index < -0.39 is 5.82 Å². The van der Waals surface area contributed by atoms with Gasteiger partial charge in [0.1, 0.15) is 5.82 Å². The molecule has 108 valence electrons. The molecule has 2 fully saturated rings. The van der Waals surface area contributed by atoms with Crippen molar-refractivity contribution in [2.45, 2.75) is 37.8 Å². The van der Waals surface area contributed by atoms with Crippen molar-refractivity contribution in [3.8, 4) is 5.88 Å². The molecule has 1 aromatic heterocycles. The van der Waals surface area contributed by atoms with Gasteiger partial charge in [0.25, 0.3) is 0 Å². The van der Waals surface area contributed by atoms with Crippen LogP contribution in [0.5, 0.6) is 5.88 Å². The molecule has 2 saturated heterocycles. The van der Waals surface area contributed by atoms with Gasteiger partial charge in [0.05, 0.1) is 18.9 Å². The molecule has 0 radical (unpaired) electrons. The summed E-state index contributed by atoms with van der Waals surface area (Å²) in [6.07, 6.45) is 5.10. The first-order valence-corrected chi connectivity index (χ1v) is 7.06. The minimum Gasteiger partial charge on any atom is -0.480 e. The van der Waals surface area contributed by atoms with Crippen molar-refractivity contribution in [3.63, 3.8) is 0 Å². The Hall–Kier alpha value is -1.49. The van der Waals surface area contributed by atoms with E-state index in [-0.39, 0.29) is 23.1 Å². The van der Waals surface area contributed by atoms with Crippen LogP contribution in [0.1, 0.15) is 36.0 Å². The van der Waals surface area contributed by atoms with Crippen molar-refractivity contribution in [1.82, 2.24) is 9.88 Å². The summed E-state index contributed by atoms with van der Waals surface area (Å²) >= 11 is 0. The lowest BCUT2D eigenvalue weighted by Crippen LogP contribution is -2.42. The maximum Gasteiger partial charge on any atom is 0.224 e. The maximum atomic E-state index is 13.4. The number of rotatable bonds is 3. The number of carbonyl (C=O) groups is 1. The second-order valence-electron chi connectivity index (χ2n) is 5.79. The molecule has 2 aliphatic rings. The molecule has 20 heavy (non-hydrogen) atoms. The lowest BCUT2D eigenvalue weighted by Gasteiger charge is -2.35. The highest BCUT2D eigenvalue weighted by Gasteiger charge is 2.41. The van der Waals surface area contributed by atoms with E-state index in [9.17, 15) is 9.18 Å². The van der Waals surface area contributed by atoms with Crippen molar-refractivity contribution in [2.24, 2.45) is 5.92 Å². The maximum absolute atomic E-state index is 13.4. The number of pyridine rings is 1. The number of ether oxygens (including phenoxy) is 1. The molecular formula is C15H19FN2O2. The molecule has 3 heterocycles. The number of Topliss-reactive ketones (excluding diaryl/α,β-unsaturated/α-hetero) is 1. The predicted molar refractivity (Wildman–Crippen MR) is 72.4 cm³/mol. The van der Waals surface area contributed by atoms with Crippen molar-refractivity contribution < 1.29 is 13.9 Å². The summed E-state index contributed by atoms with van der Waals surface area (Å²) in [6.45, 7) is 0. The first-order chi connectivity index (χ1) is 9.60. The summed E-state index contributed by atoms with van der Waals surface area (Å²) in [7, 11) is 3.59. The van der Waals surface area contributed by atoms with Crippen LogP contribution in [-0.4, -0.2) is 41.9 Å². The zero-order chi connectivity index (χ0) is 14.3. The van der Waals surface area contributed by atoms with Crippen molar-refractivity contribution in [3.05, 3.63) is 23.6 Å². The van der Waals surface area contributed by atoms with Gasteiger partial charge in [0, 0.05) is 18.0 Å². The number of halogens is 1. The lowest BCUT2D eigenvalue weighted by atomic mass is 9.85. The normalized spacial score (nSPS) is 29.4. The molecular weight excluding hydrogens is 259 g/mol. The van der Waals surface area contributed by atoms with Crippen LogP contribution in [0.3, 0.4) is 0 Å². The first-order valence-electron chi connectivity index (χ1n) is 7.06. The van der Waals surface area contributed by atoms with Gasteiger partial charge in [0.15, 0.2) is 5.78 Å². The van der Waals surface area contributed by atoms with Crippen molar-refractivity contribution in [2.75, 3.05) is 14.2 Å². The summed E-state index contributed by atoms with van der Waals surface area (Å²) in [5.74, 6) is -0.340. The highest BCUT2D eigenvalue weighted by atomic mass is 19.1. The van der Waals surface area contributed by atoms with E-state index in [4.69, 9.17) is 4.74 Å². The van der Waals surface area contributed by atoms with Crippen molar-refractivity contribution in [1.29, 1.82) is 0 Å². The second kappa shape index (κ2) is 5.13. The standard InChI is InChI=1S/C15H19FN2O2/c1-18-11-3-4-12(18)6-9(5-11)14(19)13-7-10(16)8-17-15(13)20-2/h7-9,11-12H,3-6H2,1-2H3. The van der Waals surface area contributed by atoms with Crippen LogP contribution in [0.15, 0.2) is 12.3 Å². The van der Waals surface area contributed by atoms with Crippen LogP contribution in [0.25, 0.3) is 0 Å². The molecule has 2 aliphatic heterocycles. The van der Waals surface area contributed by atoms with Crippen LogP contribution in [0, 0.1) is 11.7 Å². The van der Waals surface area contributed by atoms with Gasteiger partial charge in [0.2, 0.25) is 5.88 Å². The molecule has 0 spiro atoms. The molecule has 2 atom stereocenters. The second-order valence-corrected chi connectivity index (χ2v) is 5.79. The average Bonchev–Trinajstić information content (AvgIpc) is 2.68. The smallest absolute Gasteiger partial charge is 0.224 e. The van der Waals surface area contributed by atoms with E-state index in [1.807, 2.05) is 0 Å². The van der Waals surface area contributed by atoms with Crippen LogP contribution < -0.4 is 4.74 Å². The lowest BCUT2D eigenvalue weighted by molar-refractivity contribution is 0.0763. The highest BCUT2D eigenvalue weighted by Crippen LogP contribution is 2.39. The number of methoxy groups -OCH3 is 1. The zero-order valence-corrected chi connectivity index (χ0v) is 11.8. The van der Waals surface area contributed by atoms with E-state index in [1.165, 1.54) is 13.2 Å². The molecule has 3 rings (SSSR count). The molecule has 1 aromatic rings. The van der Waals surface area contributed by atoms with Crippen molar-refractivity contribution >= 4 is 5.78 Å². The third kappa shape index (κ3) is 2.20. The molecule has 0 aromatic carbocycles. The van der Waals surface area contributed by atoms with Gasteiger partial charge in [-0.1, -0.05) is 0 Å². The number of hydrogen-bond donors (Lipinski definition) is 0. The third-order valence-electron chi connectivity index (χ3n) is 4.75. The van der Waals surface area contributed by atoms with Gasteiger partial charge in [-0.05, 0) is 38.8 Å². The monoisotopic (exact) mass is 278 g/mol. The largest absolute Gasteiger partial charge is 0.480 e. The third-order valence-corrected chi connectivity index (χ3v) is 4.75. The summed E-state index contributed by atoms with van der Waals surface area (Å²) in [5, 5.41) is 0. The first kappa shape index (κ1) is 13.5. The molecule has 0 amide bonds. The minimum atomic E-state index is -0.495. The fourth-order valence-corrected chi connectivity index (χ4v) is 3.61. The van der Waals surface area contributed by atoms with Crippen LogP contribution in [0.2, 0.25) is 0 Å². The predicted octanol–water partition coefficient (Wildman–Crippen LogP) is 2.28. The van der Waals surface area contributed by atoms with Gasteiger partial charge >= 0.3 is 0 Å². The summed E-state index contributed by atoms with van der Waals surface area (Å²) in [5.41, 5.74) is 0.279. The number of hydrogen-bond acceptors (Lipinski definition) is 4. The number of fused-ring (bicyclic) bond motifs is 2. The van der Waals surface area contributed by atoms with E-state index in [0.29, 0.717) is 12.1 Å². The number of carbonyl (C=O) groups excluding carboxylic acids is 1. The summed E-state index contributed by atoms with van der Waals surface area (Å²) in [6, 6.07) is 2.21. The van der Waals surface area contributed by atoms with Crippen LogP contribution >= 0.6 is 0 Å². The van der Waals surface area contributed by atoms with Gasteiger partial charge in [-0.25, -0.2) is 9.37 Å². The number of nitrogens with zero attached hydrogens (tertiary/aromatic N) is 2. The highest BCUT2D eigenvalue weighted by molar-refractivity contribution is 6.00. The SMILES string of the molecule is COc1ncc(F)cc1C(=O)C1CC2CCC(C1)N2C. The number of ketones is 1. The molecule has 2 bridgehead atoms.